The topological polar surface area (TPSA) is 46.3 Å². The van der Waals surface area contributed by atoms with Crippen LogP contribution in [-0.2, 0) is 4.79 Å². The average molecular weight is 287 g/mol. The summed E-state index contributed by atoms with van der Waals surface area (Å²) in [5.41, 5.74) is 7.08. The highest BCUT2D eigenvalue weighted by atomic mass is 35.5. The Hall–Kier alpha value is -0.710. The Morgan fingerprint density at radius 3 is 2.50 bits per heavy atom. The second kappa shape index (κ2) is 7.67. The number of halogens is 1. The molecule has 1 aliphatic rings. The highest BCUT2D eigenvalue weighted by Gasteiger charge is 2.19. The van der Waals surface area contributed by atoms with Crippen molar-refractivity contribution in [3.05, 3.63) is 35.9 Å². The van der Waals surface area contributed by atoms with E-state index < -0.39 is 0 Å². The smallest absolute Gasteiger partial charge is 0.224 e. The quantitative estimate of drug-likeness (QED) is 0.925. The van der Waals surface area contributed by atoms with Crippen LogP contribution in [0, 0.1) is 0 Å². The summed E-state index contributed by atoms with van der Waals surface area (Å²) >= 11 is 1.91. The molecule has 1 fully saturated rings. The van der Waals surface area contributed by atoms with E-state index in [0.717, 1.165) is 30.2 Å². The van der Waals surface area contributed by atoms with E-state index in [2.05, 4.69) is 0 Å². The number of nitrogens with zero attached hydrogens (tertiary/aromatic N) is 1. The van der Waals surface area contributed by atoms with Crippen molar-refractivity contribution in [3.8, 4) is 0 Å². The average Bonchev–Trinajstić information content (AvgIpc) is 2.40. The molecule has 1 amide bonds. The zero-order chi connectivity index (χ0) is 12.1. The molecule has 0 aliphatic carbocycles. The van der Waals surface area contributed by atoms with Crippen molar-refractivity contribution in [2.45, 2.75) is 12.5 Å². The molecule has 100 valence electrons. The van der Waals surface area contributed by atoms with Gasteiger partial charge in [0.1, 0.15) is 0 Å². The predicted octanol–water partition coefficient (Wildman–Crippen LogP) is 2.07. The standard InChI is InChI=1S/C13H18N2OS.ClH/c14-12(11-4-2-1-3-5-11)10-13(16)15-6-8-17-9-7-15;/h1-5,12H,6-10,14H2;1H. The number of hydrogen-bond acceptors (Lipinski definition) is 3. The van der Waals surface area contributed by atoms with Gasteiger partial charge in [-0.05, 0) is 5.56 Å². The van der Waals surface area contributed by atoms with Crippen LogP contribution in [0.1, 0.15) is 18.0 Å². The predicted molar refractivity (Wildman–Crippen MR) is 79.1 cm³/mol. The third-order valence-electron chi connectivity index (χ3n) is 2.99. The van der Waals surface area contributed by atoms with Crippen molar-refractivity contribution in [2.24, 2.45) is 5.73 Å². The summed E-state index contributed by atoms with van der Waals surface area (Å²) in [7, 11) is 0. The van der Waals surface area contributed by atoms with Crippen LogP contribution in [0.4, 0.5) is 0 Å². The Bertz CT molecular complexity index is 369. The van der Waals surface area contributed by atoms with Crippen LogP contribution in [0.25, 0.3) is 0 Å². The molecule has 18 heavy (non-hydrogen) atoms. The highest BCUT2D eigenvalue weighted by Crippen LogP contribution is 2.16. The van der Waals surface area contributed by atoms with Crippen molar-refractivity contribution in [1.82, 2.24) is 4.90 Å². The fourth-order valence-electron chi connectivity index (χ4n) is 1.95. The molecule has 1 unspecified atom stereocenters. The fourth-order valence-corrected chi connectivity index (χ4v) is 2.85. The number of rotatable bonds is 3. The first kappa shape index (κ1) is 15.3. The molecule has 2 rings (SSSR count). The van der Waals surface area contributed by atoms with Gasteiger partial charge in [-0.25, -0.2) is 0 Å². The normalized spacial score (nSPS) is 16.8. The van der Waals surface area contributed by atoms with Gasteiger partial charge in [0.05, 0.1) is 0 Å². The molecule has 3 nitrogen and oxygen atoms in total. The molecular weight excluding hydrogens is 268 g/mol. The van der Waals surface area contributed by atoms with Gasteiger partial charge in [0.2, 0.25) is 5.91 Å². The van der Waals surface area contributed by atoms with Gasteiger partial charge < -0.3 is 10.6 Å². The Balaban J connectivity index is 0.00000162. The zero-order valence-corrected chi connectivity index (χ0v) is 11.9. The van der Waals surface area contributed by atoms with Crippen LogP contribution in [0.15, 0.2) is 30.3 Å². The molecule has 5 heteroatoms. The number of amides is 1. The summed E-state index contributed by atoms with van der Waals surface area (Å²) in [4.78, 5) is 13.9. The highest BCUT2D eigenvalue weighted by molar-refractivity contribution is 7.99. The van der Waals surface area contributed by atoms with Gasteiger partial charge in [0, 0.05) is 37.1 Å². The van der Waals surface area contributed by atoms with Gasteiger partial charge in [-0.1, -0.05) is 30.3 Å². The van der Waals surface area contributed by atoms with Crippen LogP contribution in [0.5, 0.6) is 0 Å². The molecule has 1 heterocycles. The minimum Gasteiger partial charge on any atom is -0.341 e. The molecule has 1 aromatic rings. The number of benzene rings is 1. The van der Waals surface area contributed by atoms with Crippen molar-refractivity contribution < 1.29 is 4.79 Å². The molecule has 1 aromatic carbocycles. The lowest BCUT2D eigenvalue weighted by Crippen LogP contribution is -2.39. The molecular formula is C13H19ClN2OS. The van der Waals surface area contributed by atoms with Crippen molar-refractivity contribution >= 4 is 30.1 Å². The van der Waals surface area contributed by atoms with E-state index in [1.54, 1.807) is 0 Å². The first-order valence-corrected chi connectivity index (χ1v) is 7.09. The molecule has 0 spiro atoms. The lowest BCUT2D eigenvalue weighted by atomic mass is 10.0. The van der Waals surface area contributed by atoms with Crippen molar-refractivity contribution in [3.63, 3.8) is 0 Å². The second-order valence-corrected chi connectivity index (χ2v) is 5.44. The van der Waals surface area contributed by atoms with E-state index in [9.17, 15) is 4.79 Å². The minimum absolute atomic E-state index is 0. The van der Waals surface area contributed by atoms with Crippen LogP contribution >= 0.6 is 24.2 Å². The second-order valence-electron chi connectivity index (χ2n) is 4.21. The van der Waals surface area contributed by atoms with Gasteiger partial charge in [0.25, 0.3) is 0 Å². The van der Waals surface area contributed by atoms with E-state index in [4.69, 9.17) is 5.73 Å². The van der Waals surface area contributed by atoms with E-state index in [-0.39, 0.29) is 24.4 Å². The largest absolute Gasteiger partial charge is 0.341 e. The maximum absolute atomic E-state index is 12.0. The van der Waals surface area contributed by atoms with Gasteiger partial charge in [-0.15, -0.1) is 12.4 Å². The molecule has 1 aliphatic heterocycles. The zero-order valence-electron chi connectivity index (χ0n) is 10.2. The van der Waals surface area contributed by atoms with Crippen LogP contribution in [-0.4, -0.2) is 35.4 Å². The molecule has 0 saturated carbocycles. The summed E-state index contributed by atoms with van der Waals surface area (Å²) in [6.07, 6.45) is 0.411. The van der Waals surface area contributed by atoms with Crippen LogP contribution in [0.3, 0.4) is 0 Å². The van der Waals surface area contributed by atoms with Gasteiger partial charge >= 0.3 is 0 Å². The number of hydrogen-bond donors (Lipinski definition) is 1. The maximum Gasteiger partial charge on any atom is 0.224 e. The first-order chi connectivity index (χ1) is 8.27. The number of nitrogens with two attached hydrogens (primary N) is 1. The first-order valence-electron chi connectivity index (χ1n) is 5.93. The van der Waals surface area contributed by atoms with Crippen molar-refractivity contribution in [1.29, 1.82) is 0 Å². The van der Waals surface area contributed by atoms with Crippen LogP contribution < -0.4 is 5.73 Å². The monoisotopic (exact) mass is 286 g/mol. The summed E-state index contributed by atoms with van der Waals surface area (Å²) < 4.78 is 0. The maximum atomic E-state index is 12.0. The Labute approximate surface area is 119 Å². The summed E-state index contributed by atoms with van der Waals surface area (Å²) in [6, 6.07) is 9.64. The number of thioether (sulfide) groups is 1. The van der Waals surface area contributed by atoms with E-state index >= 15 is 0 Å². The third kappa shape index (κ3) is 4.19. The van der Waals surface area contributed by atoms with Crippen molar-refractivity contribution in [2.75, 3.05) is 24.6 Å². The third-order valence-corrected chi connectivity index (χ3v) is 3.93. The molecule has 1 saturated heterocycles. The molecule has 0 aromatic heterocycles. The summed E-state index contributed by atoms with van der Waals surface area (Å²) in [6.45, 7) is 1.73. The van der Waals surface area contributed by atoms with Crippen LogP contribution in [0.2, 0.25) is 0 Å². The van der Waals surface area contributed by atoms with Gasteiger partial charge in [0.15, 0.2) is 0 Å². The fraction of sp³-hybridized carbons (Fsp3) is 0.462. The van der Waals surface area contributed by atoms with E-state index in [1.807, 2.05) is 47.0 Å². The molecule has 2 N–H and O–H groups in total. The molecule has 0 bridgehead atoms. The Morgan fingerprint density at radius 2 is 1.89 bits per heavy atom. The van der Waals surface area contributed by atoms with Gasteiger partial charge in [-0.2, -0.15) is 11.8 Å². The lowest BCUT2D eigenvalue weighted by Gasteiger charge is -2.27. The molecule has 0 radical (unpaired) electrons. The lowest BCUT2D eigenvalue weighted by molar-refractivity contribution is -0.131. The van der Waals surface area contributed by atoms with E-state index in [1.165, 1.54) is 0 Å². The molecule has 1 atom stereocenters. The Kier molecular flexibility index (Phi) is 6.54. The van der Waals surface area contributed by atoms with E-state index in [0.29, 0.717) is 6.42 Å². The number of carbonyl (C=O) groups excluding carboxylic acids is 1. The van der Waals surface area contributed by atoms with Gasteiger partial charge in [-0.3, -0.25) is 4.79 Å². The number of carbonyl (C=O) groups is 1. The SMILES string of the molecule is Cl.NC(CC(=O)N1CCSCC1)c1ccccc1. The summed E-state index contributed by atoms with van der Waals surface area (Å²) in [5, 5.41) is 0. The Morgan fingerprint density at radius 1 is 1.28 bits per heavy atom. The minimum atomic E-state index is -0.182. The summed E-state index contributed by atoms with van der Waals surface area (Å²) in [5.74, 6) is 2.28.